The van der Waals surface area contributed by atoms with Gasteiger partial charge in [0.25, 0.3) is 0 Å². The monoisotopic (exact) mass is 217 g/mol. The van der Waals surface area contributed by atoms with Crippen molar-refractivity contribution in [3.63, 3.8) is 0 Å². The van der Waals surface area contributed by atoms with E-state index in [0.717, 1.165) is 17.5 Å². The summed E-state index contributed by atoms with van der Waals surface area (Å²) < 4.78 is 0. The quantitative estimate of drug-likeness (QED) is 0.821. The van der Waals surface area contributed by atoms with Gasteiger partial charge in [-0.05, 0) is 36.8 Å². The Morgan fingerprint density at radius 2 is 2.06 bits per heavy atom. The Morgan fingerprint density at radius 3 is 2.75 bits per heavy atom. The fraction of sp³-hybridized carbons (Fsp3) is 0.615. The highest BCUT2D eigenvalue weighted by Gasteiger charge is 2.35. The van der Waals surface area contributed by atoms with Crippen LogP contribution >= 0.6 is 0 Å². The third-order valence-corrected chi connectivity index (χ3v) is 4.10. The summed E-state index contributed by atoms with van der Waals surface area (Å²) in [6, 6.07) is 4.25. The Kier molecular flexibility index (Phi) is 2.56. The normalized spacial score (nSPS) is 28.4. The SMILES string of the molecule is NCc1cc(N2CC3CCCC3C2)ccn1. The fourth-order valence-electron chi connectivity index (χ4n) is 3.22. The number of hydrogen-bond acceptors (Lipinski definition) is 3. The molecule has 2 atom stereocenters. The summed E-state index contributed by atoms with van der Waals surface area (Å²) in [5.74, 6) is 1.88. The van der Waals surface area contributed by atoms with Crippen molar-refractivity contribution in [2.75, 3.05) is 18.0 Å². The zero-order chi connectivity index (χ0) is 11.0. The van der Waals surface area contributed by atoms with Crippen molar-refractivity contribution in [3.8, 4) is 0 Å². The maximum absolute atomic E-state index is 5.63. The zero-order valence-electron chi connectivity index (χ0n) is 9.60. The van der Waals surface area contributed by atoms with Crippen LogP contribution in [0.15, 0.2) is 18.3 Å². The predicted molar refractivity (Wildman–Crippen MR) is 65.2 cm³/mol. The second-order valence-corrected chi connectivity index (χ2v) is 5.07. The number of hydrogen-bond donors (Lipinski definition) is 1. The van der Waals surface area contributed by atoms with Crippen LogP contribution in [0.5, 0.6) is 0 Å². The molecule has 0 radical (unpaired) electrons. The molecule has 2 N–H and O–H groups in total. The van der Waals surface area contributed by atoms with Gasteiger partial charge in [0.05, 0.1) is 5.69 Å². The molecule has 1 aliphatic carbocycles. The molecule has 1 aromatic rings. The average Bonchev–Trinajstić information content (AvgIpc) is 2.89. The average molecular weight is 217 g/mol. The minimum absolute atomic E-state index is 0.536. The molecule has 16 heavy (non-hydrogen) atoms. The minimum Gasteiger partial charge on any atom is -0.371 e. The number of pyridine rings is 1. The van der Waals surface area contributed by atoms with Gasteiger partial charge < -0.3 is 10.6 Å². The topological polar surface area (TPSA) is 42.1 Å². The van der Waals surface area contributed by atoms with Crippen LogP contribution in [0, 0.1) is 11.8 Å². The molecule has 2 aliphatic rings. The molecule has 3 nitrogen and oxygen atoms in total. The Bertz CT molecular complexity index is 365. The lowest BCUT2D eigenvalue weighted by atomic mass is 10.0. The van der Waals surface area contributed by atoms with E-state index in [1.807, 2.05) is 6.20 Å². The van der Waals surface area contributed by atoms with Gasteiger partial charge in [0.15, 0.2) is 0 Å². The van der Waals surface area contributed by atoms with Crippen LogP contribution in [-0.4, -0.2) is 18.1 Å². The third-order valence-electron chi connectivity index (χ3n) is 4.10. The van der Waals surface area contributed by atoms with Crippen molar-refractivity contribution in [2.24, 2.45) is 17.6 Å². The summed E-state index contributed by atoms with van der Waals surface area (Å²) in [5, 5.41) is 0. The Hall–Kier alpha value is -1.09. The number of fused-ring (bicyclic) bond motifs is 1. The molecule has 0 aromatic carbocycles. The summed E-state index contributed by atoms with van der Waals surface area (Å²) >= 11 is 0. The highest BCUT2D eigenvalue weighted by molar-refractivity contribution is 5.48. The zero-order valence-corrected chi connectivity index (χ0v) is 9.60. The molecule has 1 aliphatic heterocycles. The van der Waals surface area contributed by atoms with Gasteiger partial charge in [0.1, 0.15) is 0 Å². The van der Waals surface area contributed by atoms with Crippen LogP contribution in [0.2, 0.25) is 0 Å². The first-order valence-electron chi connectivity index (χ1n) is 6.27. The van der Waals surface area contributed by atoms with E-state index in [4.69, 9.17) is 5.73 Å². The van der Waals surface area contributed by atoms with E-state index in [-0.39, 0.29) is 0 Å². The molecule has 0 bridgehead atoms. The van der Waals surface area contributed by atoms with Crippen molar-refractivity contribution >= 4 is 5.69 Å². The van der Waals surface area contributed by atoms with Crippen LogP contribution < -0.4 is 10.6 Å². The molecule has 1 saturated heterocycles. The summed E-state index contributed by atoms with van der Waals surface area (Å²) in [7, 11) is 0. The van der Waals surface area contributed by atoms with Crippen molar-refractivity contribution in [3.05, 3.63) is 24.0 Å². The lowest BCUT2D eigenvalue weighted by Crippen LogP contribution is -2.21. The fourth-order valence-corrected chi connectivity index (χ4v) is 3.22. The number of rotatable bonds is 2. The minimum atomic E-state index is 0.536. The Morgan fingerprint density at radius 1 is 1.31 bits per heavy atom. The molecule has 86 valence electrons. The van der Waals surface area contributed by atoms with Crippen molar-refractivity contribution in [1.29, 1.82) is 0 Å². The number of anilines is 1. The van der Waals surface area contributed by atoms with E-state index < -0.39 is 0 Å². The van der Waals surface area contributed by atoms with Crippen molar-refractivity contribution < 1.29 is 0 Å². The van der Waals surface area contributed by atoms with E-state index in [1.54, 1.807) is 0 Å². The van der Waals surface area contributed by atoms with Gasteiger partial charge in [0.2, 0.25) is 0 Å². The van der Waals surface area contributed by atoms with Gasteiger partial charge in [-0.3, -0.25) is 4.98 Å². The van der Waals surface area contributed by atoms with Gasteiger partial charge >= 0.3 is 0 Å². The molecular formula is C13H19N3. The van der Waals surface area contributed by atoms with E-state index in [2.05, 4.69) is 22.0 Å². The van der Waals surface area contributed by atoms with Crippen LogP contribution in [0.4, 0.5) is 5.69 Å². The van der Waals surface area contributed by atoms with E-state index in [0.29, 0.717) is 6.54 Å². The summed E-state index contributed by atoms with van der Waals surface area (Å²) in [6.07, 6.45) is 6.17. The number of nitrogens with zero attached hydrogens (tertiary/aromatic N) is 2. The second-order valence-electron chi connectivity index (χ2n) is 5.07. The van der Waals surface area contributed by atoms with Gasteiger partial charge in [-0.1, -0.05) is 6.42 Å². The molecule has 2 fully saturated rings. The van der Waals surface area contributed by atoms with Crippen LogP contribution in [0.3, 0.4) is 0 Å². The van der Waals surface area contributed by atoms with Crippen LogP contribution in [-0.2, 0) is 6.54 Å². The number of nitrogens with two attached hydrogens (primary N) is 1. The first-order valence-corrected chi connectivity index (χ1v) is 6.27. The molecule has 0 spiro atoms. The maximum atomic E-state index is 5.63. The van der Waals surface area contributed by atoms with Crippen LogP contribution in [0.25, 0.3) is 0 Å². The Labute approximate surface area is 96.7 Å². The smallest absolute Gasteiger partial charge is 0.0560 e. The van der Waals surface area contributed by atoms with E-state index in [1.165, 1.54) is 38.0 Å². The summed E-state index contributed by atoms with van der Waals surface area (Å²) in [6.45, 7) is 3.01. The maximum Gasteiger partial charge on any atom is 0.0560 e. The number of aromatic nitrogens is 1. The first kappa shape index (κ1) is 10.1. The molecule has 1 aromatic heterocycles. The molecule has 2 unspecified atom stereocenters. The first-order chi connectivity index (χ1) is 7.86. The molecule has 3 heteroatoms. The predicted octanol–water partition coefficient (Wildman–Crippen LogP) is 1.78. The Balaban J connectivity index is 1.78. The van der Waals surface area contributed by atoms with Gasteiger partial charge in [0, 0.05) is 31.5 Å². The van der Waals surface area contributed by atoms with Gasteiger partial charge in [-0.25, -0.2) is 0 Å². The summed E-state index contributed by atoms with van der Waals surface area (Å²) in [5.41, 5.74) is 7.93. The molecule has 2 heterocycles. The van der Waals surface area contributed by atoms with E-state index >= 15 is 0 Å². The van der Waals surface area contributed by atoms with Gasteiger partial charge in [-0.15, -0.1) is 0 Å². The third kappa shape index (κ3) is 1.69. The van der Waals surface area contributed by atoms with Crippen molar-refractivity contribution in [2.45, 2.75) is 25.8 Å². The van der Waals surface area contributed by atoms with Crippen molar-refractivity contribution in [1.82, 2.24) is 4.98 Å². The standard InChI is InChI=1S/C13H19N3/c14-7-12-6-13(4-5-15-12)16-8-10-2-1-3-11(10)9-16/h4-6,10-11H,1-3,7-9,14H2. The molecular weight excluding hydrogens is 198 g/mol. The van der Waals surface area contributed by atoms with E-state index in [9.17, 15) is 0 Å². The lowest BCUT2D eigenvalue weighted by molar-refractivity contribution is 0.494. The highest BCUT2D eigenvalue weighted by atomic mass is 15.2. The lowest BCUT2D eigenvalue weighted by Gasteiger charge is -2.19. The largest absolute Gasteiger partial charge is 0.371 e. The molecule has 1 saturated carbocycles. The second kappa shape index (κ2) is 4.06. The summed E-state index contributed by atoms with van der Waals surface area (Å²) in [4.78, 5) is 6.76. The molecule has 0 amide bonds. The van der Waals surface area contributed by atoms with Gasteiger partial charge in [-0.2, -0.15) is 0 Å². The molecule has 3 rings (SSSR count). The van der Waals surface area contributed by atoms with Crippen LogP contribution in [0.1, 0.15) is 25.0 Å². The highest BCUT2D eigenvalue weighted by Crippen LogP contribution is 2.39.